The molecular formula is C22H22F2N4O3S. The van der Waals surface area contributed by atoms with Gasteiger partial charge in [0.1, 0.15) is 11.5 Å². The molecule has 1 unspecified atom stereocenters. The van der Waals surface area contributed by atoms with Gasteiger partial charge in [-0.15, -0.1) is 16.8 Å². The summed E-state index contributed by atoms with van der Waals surface area (Å²) in [5.41, 5.74) is 0.171. The second-order valence-corrected chi connectivity index (χ2v) is 7.58. The third kappa shape index (κ3) is 5.85. The van der Waals surface area contributed by atoms with E-state index in [1.165, 1.54) is 6.07 Å². The van der Waals surface area contributed by atoms with Crippen LogP contribution in [0.15, 0.2) is 60.3 Å². The van der Waals surface area contributed by atoms with E-state index in [0.717, 1.165) is 29.6 Å². The highest BCUT2D eigenvalue weighted by Crippen LogP contribution is 2.26. The Morgan fingerprint density at radius 2 is 1.91 bits per heavy atom. The highest BCUT2D eigenvalue weighted by atomic mass is 32.2. The van der Waals surface area contributed by atoms with Crippen LogP contribution in [0.1, 0.15) is 18.9 Å². The fourth-order valence-electron chi connectivity index (χ4n) is 2.82. The number of methoxy groups -OCH3 is 1. The van der Waals surface area contributed by atoms with E-state index in [-0.39, 0.29) is 11.4 Å². The van der Waals surface area contributed by atoms with Gasteiger partial charge in [0.25, 0.3) is 0 Å². The molecule has 1 N–H and O–H groups in total. The fraction of sp³-hybridized carbons (Fsp3) is 0.227. The second-order valence-electron chi connectivity index (χ2n) is 6.64. The van der Waals surface area contributed by atoms with E-state index in [4.69, 9.17) is 9.47 Å². The molecule has 7 nitrogen and oxygen atoms in total. The van der Waals surface area contributed by atoms with Gasteiger partial charge in [-0.25, -0.2) is 8.78 Å². The maximum absolute atomic E-state index is 13.3. The molecule has 0 fully saturated rings. The summed E-state index contributed by atoms with van der Waals surface area (Å²) in [7, 11) is 1.59. The summed E-state index contributed by atoms with van der Waals surface area (Å²) in [6.07, 6.45) is 1.28. The van der Waals surface area contributed by atoms with Crippen LogP contribution in [0.3, 0.4) is 0 Å². The van der Waals surface area contributed by atoms with Gasteiger partial charge < -0.3 is 14.8 Å². The van der Waals surface area contributed by atoms with Crippen molar-refractivity contribution in [1.29, 1.82) is 0 Å². The molecule has 0 aliphatic rings. The number of rotatable bonds is 10. The maximum Gasteiger partial charge on any atom is 0.234 e. The first-order chi connectivity index (χ1) is 15.4. The molecule has 0 aliphatic carbocycles. The van der Waals surface area contributed by atoms with Crippen molar-refractivity contribution in [3.8, 4) is 11.5 Å². The second kappa shape index (κ2) is 10.8. The zero-order chi connectivity index (χ0) is 23.1. The molecule has 10 heteroatoms. The van der Waals surface area contributed by atoms with Crippen molar-refractivity contribution in [2.75, 3.05) is 18.2 Å². The average molecular weight is 461 g/mol. The quantitative estimate of drug-likeness (QED) is 0.351. The third-order valence-electron chi connectivity index (χ3n) is 4.33. The molecule has 3 aromatic rings. The Kier molecular flexibility index (Phi) is 7.82. The first kappa shape index (κ1) is 23.3. The summed E-state index contributed by atoms with van der Waals surface area (Å²) < 4.78 is 39.2. The van der Waals surface area contributed by atoms with Crippen LogP contribution in [-0.4, -0.2) is 33.5 Å². The van der Waals surface area contributed by atoms with Crippen LogP contribution in [0.4, 0.5) is 14.5 Å². The normalized spacial score (nSPS) is 11.6. The third-order valence-corrected chi connectivity index (χ3v) is 5.30. The average Bonchev–Trinajstić information content (AvgIpc) is 3.18. The summed E-state index contributed by atoms with van der Waals surface area (Å²) in [6.45, 7) is 6.03. The molecule has 1 heterocycles. The monoisotopic (exact) mass is 460 g/mol. The Bertz CT molecular complexity index is 1090. The smallest absolute Gasteiger partial charge is 0.234 e. The van der Waals surface area contributed by atoms with Crippen LogP contribution < -0.4 is 14.8 Å². The maximum atomic E-state index is 13.3. The number of aromatic nitrogens is 3. The lowest BCUT2D eigenvalue weighted by atomic mass is 10.3. The number of ether oxygens (including phenoxy) is 2. The number of anilines is 1. The number of nitrogens with one attached hydrogen (secondary N) is 1. The number of thioether (sulfide) groups is 1. The molecule has 3 rings (SSSR count). The predicted octanol–water partition coefficient (Wildman–Crippen LogP) is 4.62. The number of hydrogen-bond donors (Lipinski definition) is 1. The Morgan fingerprint density at radius 3 is 2.56 bits per heavy atom. The Morgan fingerprint density at radius 1 is 1.19 bits per heavy atom. The van der Waals surface area contributed by atoms with Gasteiger partial charge in [0.15, 0.2) is 28.7 Å². The Balaban J connectivity index is 1.65. The number of halogens is 2. The van der Waals surface area contributed by atoms with Crippen LogP contribution in [0.5, 0.6) is 11.5 Å². The number of carbonyl (C=O) groups excluding carboxylic acids is 1. The summed E-state index contributed by atoms with van der Waals surface area (Å²) in [5.74, 6) is -0.457. The van der Waals surface area contributed by atoms with Crippen molar-refractivity contribution < 1.29 is 23.0 Å². The molecular weight excluding hydrogens is 438 g/mol. The van der Waals surface area contributed by atoms with E-state index in [2.05, 4.69) is 22.1 Å². The molecule has 2 aromatic carbocycles. The molecule has 32 heavy (non-hydrogen) atoms. The lowest BCUT2D eigenvalue weighted by molar-refractivity contribution is -0.113. The molecule has 0 saturated carbocycles. The van der Waals surface area contributed by atoms with Crippen LogP contribution in [0, 0.1) is 11.6 Å². The molecule has 1 atom stereocenters. The summed E-state index contributed by atoms with van der Waals surface area (Å²) >= 11 is 1.16. The largest absolute Gasteiger partial charge is 0.497 e. The first-order valence-electron chi connectivity index (χ1n) is 9.63. The van der Waals surface area contributed by atoms with Gasteiger partial charge in [-0.1, -0.05) is 17.8 Å². The van der Waals surface area contributed by atoms with Gasteiger partial charge in [-0.2, -0.15) is 0 Å². The Hall–Kier alpha value is -3.40. The molecule has 0 bridgehead atoms. The number of hydrogen-bond acceptors (Lipinski definition) is 6. The molecule has 168 valence electrons. The van der Waals surface area contributed by atoms with E-state index in [9.17, 15) is 13.6 Å². The Labute approximate surface area is 188 Å². The van der Waals surface area contributed by atoms with Gasteiger partial charge >= 0.3 is 0 Å². The van der Waals surface area contributed by atoms with Gasteiger partial charge in [-0.3, -0.25) is 9.36 Å². The van der Waals surface area contributed by atoms with Crippen LogP contribution in [-0.2, 0) is 11.3 Å². The van der Waals surface area contributed by atoms with Crippen molar-refractivity contribution in [1.82, 2.24) is 14.8 Å². The van der Waals surface area contributed by atoms with Gasteiger partial charge in [0.2, 0.25) is 5.91 Å². The molecule has 1 amide bonds. The van der Waals surface area contributed by atoms with Gasteiger partial charge in [0.05, 0.1) is 12.9 Å². The van der Waals surface area contributed by atoms with Crippen molar-refractivity contribution in [3.05, 3.63) is 72.6 Å². The van der Waals surface area contributed by atoms with Crippen molar-refractivity contribution in [3.63, 3.8) is 0 Å². The highest BCUT2D eigenvalue weighted by Gasteiger charge is 2.20. The summed E-state index contributed by atoms with van der Waals surface area (Å²) in [5, 5.41) is 11.4. The lowest BCUT2D eigenvalue weighted by Gasteiger charge is -2.16. The number of amides is 1. The van der Waals surface area contributed by atoms with E-state index in [1.807, 2.05) is 6.92 Å². The number of carbonyl (C=O) groups is 1. The number of allylic oxidation sites excluding steroid dienone is 1. The number of benzene rings is 2. The first-order valence-corrected chi connectivity index (χ1v) is 10.6. The molecule has 0 aliphatic heterocycles. The summed E-state index contributed by atoms with van der Waals surface area (Å²) in [6, 6.07) is 10.3. The van der Waals surface area contributed by atoms with Crippen LogP contribution in [0.25, 0.3) is 0 Å². The molecule has 1 aromatic heterocycles. The van der Waals surface area contributed by atoms with E-state index >= 15 is 0 Å². The minimum atomic E-state index is -1.03. The minimum absolute atomic E-state index is 0.00197. The topological polar surface area (TPSA) is 78.3 Å². The summed E-state index contributed by atoms with van der Waals surface area (Å²) in [4.78, 5) is 12.2. The van der Waals surface area contributed by atoms with E-state index in [0.29, 0.717) is 23.3 Å². The molecule has 0 saturated heterocycles. The zero-order valence-corrected chi connectivity index (χ0v) is 18.4. The van der Waals surface area contributed by atoms with Crippen LogP contribution in [0.2, 0.25) is 0 Å². The van der Waals surface area contributed by atoms with Crippen molar-refractivity contribution >= 4 is 23.4 Å². The standard InChI is InChI=1S/C22H22F2N4O3S/c1-4-11-28-21(14(2)31-17-8-6-16(30-3)7-9-17)26-27-22(28)32-13-20(29)25-15-5-10-18(23)19(24)12-15/h4-10,12,14H,1,11,13H2,2-3H3,(H,25,29). The number of nitrogens with zero attached hydrogens (tertiary/aromatic N) is 3. The van der Waals surface area contributed by atoms with Gasteiger partial charge in [-0.05, 0) is 43.3 Å². The van der Waals surface area contributed by atoms with Crippen molar-refractivity contribution in [2.24, 2.45) is 0 Å². The van der Waals surface area contributed by atoms with Crippen molar-refractivity contribution in [2.45, 2.75) is 24.7 Å². The molecule has 0 spiro atoms. The minimum Gasteiger partial charge on any atom is -0.497 e. The predicted molar refractivity (Wildman–Crippen MR) is 118 cm³/mol. The lowest BCUT2D eigenvalue weighted by Crippen LogP contribution is -2.15. The molecule has 0 radical (unpaired) electrons. The SMILES string of the molecule is C=CCn1c(SCC(=O)Nc2ccc(F)c(F)c2)nnc1C(C)Oc1ccc(OC)cc1. The fourth-order valence-corrected chi connectivity index (χ4v) is 3.58. The van der Waals surface area contributed by atoms with E-state index < -0.39 is 23.6 Å². The van der Waals surface area contributed by atoms with Crippen LogP contribution >= 0.6 is 11.8 Å². The van der Waals surface area contributed by atoms with E-state index in [1.54, 1.807) is 42.0 Å². The highest BCUT2D eigenvalue weighted by molar-refractivity contribution is 7.99. The van der Waals surface area contributed by atoms with Gasteiger partial charge in [0, 0.05) is 18.3 Å². The zero-order valence-electron chi connectivity index (χ0n) is 17.5.